The van der Waals surface area contributed by atoms with Crippen LogP contribution in [0.3, 0.4) is 0 Å². The lowest BCUT2D eigenvalue weighted by Crippen LogP contribution is -2.33. The number of piperidine rings is 1. The Morgan fingerprint density at radius 3 is 3.00 bits per heavy atom. The van der Waals surface area contributed by atoms with Crippen LogP contribution >= 0.6 is 11.3 Å². The molecule has 1 aromatic heterocycles. The van der Waals surface area contributed by atoms with Crippen LogP contribution in [0, 0.1) is 5.92 Å². The highest BCUT2D eigenvalue weighted by molar-refractivity contribution is 7.07. The van der Waals surface area contributed by atoms with Gasteiger partial charge in [-0.1, -0.05) is 0 Å². The Kier molecular flexibility index (Phi) is 4.57. The van der Waals surface area contributed by atoms with Crippen LogP contribution in [0.4, 0.5) is 0 Å². The Bertz CT molecular complexity index is 344. The molecule has 2 rings (SSSR count). The van der Waals surface area contributed by atoms with Gasteiger partial charge in [-0.05, 0) is 61.2 Å². The topological polar surface area (TPSA) is 41.1 Å². The summed E-state index contributed by atoms with van der Waals surface area (Å²) in [7, 11) is 0. The summed E-state index contributed by atoms with van der Waals surface area (Å²) in [6.45, 7) is 4.15. The smallest absolute Gasteiger partial charge is 0.220 e. The van der Waals surface area contributed by atoms with Gasteiger partial charge in [-0.25, -0.2) is 0 Å². The van der Waals surface area contributed by atoms with Crippen molar-refractivity contribution in [3.8, 4) is 0 Å². The zero-order chi connectivity index (χ0) is 12.1. The van der Waals surface area contributed by atoms with E-state index >= 15 is 0 Å². The predicted molar refractivity (Wildman–Crippen MR) is 71.1 cm³/mol. The molecule has 0 bridgehead atoms. The van der Waals surface area contributed by atoms with Crippen LogP contribution in [0.1, 0.15) is 37.8 Å². The average Bonchev–Trinajstić information content (AvgIpc) is 2.83. The van der Waals surface area contributed by atoms with E-state index in [1.54, 1.807) is 11.3 Å². The fraction of sp³-hybridized carbons (Fsp3) is 0.615. The van der Waals surface area contributed by atoms with E-state index in [0.29, 0.717) is 12.3 Å². The van der Waals surface area contributed by atoms with Gasteiger partial charge in [0.25, 0.3) is 0 Å². The molecule has 0 saturated carbocycles. The van der Waals surface area contributed by atoms with Crippen LogP contribution in [0.15, 0.2) is 16.8 Å². The first kappa shape index (κ1) is 12.6. The number of hydrogen-bond donors (Lipinski definition) is 2. The largest absolute Gasteiger partial charge is 0.350 e. The Labute approximate surface area is 107 Å². The molecule has 0 radical (unpaired) electrons. The van der Waals surface area contributed by atoms with Crippen molar-refractivity contribution in [3.63, 3.8) is 0 Å². The molecule has 0 aromatic carbocycles. The van der Waals surface area contributed by atoms with Gasteiger partial charge in [0.1, 0.15) is 0 Å². The number of carbonyl (C=O) groups excluding carboxylic acids is 1. The maximum absolute atomic E-state index is 11.9. The van der Waals surface area contributed by atoms with Crippen LogP contribution < -0.4 is 10.6 Å². The van der Waals surface area contributed by atoms with Gasteiger partial charge in [0.15, 0.2) is 0 Å². The first-order valence-electron chi connectivity index (χ1n) is 6.28. The normalized spacial score (nSPS) is 18.9. The fourth-order valence-corrected chi connectivity index (χ4v) is 3.01. The third kappa shape index (κ3) is 3.82. The molecule has 94 valence electrons. The van der Waals surface area contributed by atoms with Gasteiger partial charge in [0.05, 0.1) is 6.04 Å². The van der Waals surface area contributed by atoms with Crippen molar-refractivity contribution < 1.29 is 4.79 Å². The molecular weight excluding hydrogens is 232 g/mol. The van der Waals surface area contributed by atoms with Crippen molar-refractivity contribution in [2.75, 3.05) is 13.1 Å². The second kappa shape index (κ2) is 6.17. The highest BCUT2D eigenvalue weighted by Crippen LogP contribution is 2.18. The van der Waals surface area contributed by atoms with Gasteiger partial charge in [0.2, 0.25) is 5.91 Å². The molecule has 1 aliphatic heterocycles. The number of carbonyl (C=O) groups is 1. The molecule has 0 aliphatic carbocycles. The van der Waals surface area contributed by atoms with Gasteiger partial charge in [-0.2, -0.15) is 11.3 Å². The van der Waals surface area contributed by atoms with E-state index in [-0.39, 0.29) is 11.9 Å². The number of hydrogen-bond acceptors (Lipinski definition) is 3. The summed E-state index contributed by atoms with van der Waals surface area (Å²) >= 11 is 1.67. The molecule has 2 N–H and O–H groups in total. The summed E-state index contributed by atoms with van der Waals surface area (Å²) in [6, 6.07) is 2.20. The third-order valence-electron chi connectivity index (χ3n) is 3.35. The zero-order valence-corrected chi connectivity index (χ0v) is 11.1. The summed E-state index contributed by atoms with van der Waals surface area (Å²) in [5.74, 6) is 0.751. The monoisotopic (exact) mass is 252 g/mol. The van der Waals surface area contributed by atoms with Crippen LogP contribution in [-0.4, -0.2) is 19.0 Å². The van der Waals surface area contributed by atoms with E-state index in [1.807, 2.05) is 12.3 Å². The second-order valence-electron chi connectivity index (χ2n) is 4.74. The van der Waals surface area contributed by atoms with Crippen molar-refractivity contribution in [2.45, 2.75) is 32.2 Å². The van der Waals surface area contributed by atoms with Crippen molar-refractivity contribution in [1.29, 1.82) is 0 Å². The SMILES string of the molecule is CC(NC(=O)CC1CCNCC1)c1ccsc1. The molecule has 1 aromatic rings. The van der Waals surface area contributed by atoms with E-state index in [4.69, 9.17) is 0 Å². The Hall–Kier alpha value is -0.870. The van der Waals surface area contributed by atoms with E-state index in [2.05, 4.69) is 22.1 Å². The minimum absolute atomic E-state index is 0.135. The molecule has 1 unspecified atom stereocenters. The molecule has 3 nitrogen and oxygen atoms in total. The van der Waals surface area contributed by atoms with Crippen LogP contribution in [-0.2, 0) is 4.79 Å². The Balaban J connectivity index is 1.76. The highest BCUT2D eigenvalue weighted by Gasteiger charge is 2.18. The molecule has 1 fully saturated rings. The summed E-state index contributed by atoms with van der Waals surface area (Å²) < 4.78 is 0. The fourth-order valence-electron chi connectivity index (χ4n) is 2.25. The molecule has 2 heterocycles. The van der Waals surface area contributed by atoms with Gasteiger partial charge in [0, 0.05) is 6.42 Å². The van der Waals surface area contributed by atoms with E-state index in [1.165, 1.54) is 5.56 Å². The number of rotatable bonds is 4. The molecule has 0 spiro atoms. The second-order valence-corrected chi connectivity index (χ2v) is 5.52. The molecule has 1 atom stereocenters. The maximum Gasteiger partial charge on any atom is 0.220 e. The minimum Gasteiger partial charge on any atom is -0.350 e. The minimum atomic E-state index is 0.135. The lowest BCUT2D eigenvalue weighted by molar-refractivity contribution is -0.122. The predicted octanol–water partition coefficient (Wildman–Crippen LogP) is 2.32. The van der Waals surface area contributed by atoms with Crippen molar-refractivity contribution >= 4 is 17.2 Å². The molecule has 17 heavy (non-hydrogen) atoms. The van der Waals surface area contributed by atoms with Crippen LogP contribution in [0.25, 0.3) is 0 Å². The zero-order valence-electron chi connectivity index (χ0n) is 10.2. The molecular formula is C13H20N2OS. The Morgan fingerprint density at radius 2 is 2.35 bits per heavy atom. The molecule has 1 aliphatic rings. The van der Waals surface area contributed by atoms with Crippen LogP contribution in [0.2, 0.25) is 0 Å². The number of nitrogens with one attached hydrogen (secondary N) is 2. The third-order valence-corrected chi connectivity index (χ3v) is 4.05. The lowest BCUT2D eigenvalue weighted by Gasteiger charge is -2.22. The molecule has 1 saturated heterocycles. The average molecular weight is 252 g/mol. The quantitative estimate of drug-likeness (QED) is 0.863. The van der Waals surface area contributed by atoms with Gasteiger partial charge in [-0.15, -0.1) is 0 Å². The van der Waals surface area contributed by atoms with E-state index in [0.717, 1.165) is 25.9 Å². The van der Waals surface area contributed by atoms with E-state index in [9.17, 15) is 4.79 Å². The van der Waals surface area contributed by atoms with Gasteiger partial charge >= 0.3 is 0 Å². The maximum atomic E-state index is 11.9. The number of thiophene rings is 1. The first-order chi connectivity index (χ1) is 8.25. The van der Waals surface area contributed by atoms with Crippen molar-refractivity contribution in [1.82, 2.24) is 10.6 Å². The summed E-state index contributed by atoms with van der Waals surface area (Å²) in [6.07, 6.45) is 2.93. The van der Waals surface area contributed by atoms with Gasteiger partial charge in [-0.3, -0.25) is 4.79 Å². The first-order valence-corrected chi connectivity index (χ1v) is 7.22. The molecule has 4 heteroatoms. The summed E-state index contributed by atoms with van der Waals surface area (Å²) in [5.41, 5.74) is 1.20. The standard InChI is InChI=1S/C13H20N2OS/c1-10(12-4-7-17-9-12)15-13(16)8-11-2-5-14-6-3-11/h4,7,9-11,14H,2-3,5-6,8H2,1H3,(H,15,16). The van der Waals surface area contributed by atoms with Gasteiger partial charge < -0.3 is 10.6 Å². The summed E-state index contributed by atoms with van der Waals surface area (Å²) in [4.78, 5) is 11.9. The highest BCUT2D eigenvalue weighted by atomic mass is 32.1. The van der Waals surface area contributed by atoms with E-state index < -0.39 is 0 Å². The number of amides is 1. The summed E-state index contributed by atoms with van der Waals surface area (Å²) in [5, 5.41) is 10.5. The van der Waals surface area contributed by atoms with Crippen molar-refractivity contribution in [3.05, 3.63) is 22.4 Å². The van der Waals surface area contributed by atoms with Crippen molar-refractivity contribution in [2.24, 2.45) is 5.92 Å². The lowest BCUT2D eigenvalue weighted by atomic mass is 9.94. The molecule has 1 amide bonds. The Morgan fingerprint density at radius 1 is 1.59 bits per heavy atom. The van der Waals surface area contributed by atoms with Crippen LogP contribution in [0.5, 0.6) is 0 Å².